The molecule has 2 amide bonds. The number of likely N-dealkylation sites (tertiary alicyclic amines) is 1. The van der Waals surface area contributed by atoms with Gasteiger partial charge in [0, 0.05) is 44.5 Å². The predicted octanol–water partition coefficient (Wildman–Crippen LogP) is 3.36. The first-order chi connectivity index (χ1) is 14.2. The number of anilines is 1. The fourth-order valence-corrected chi connectivity index (χ4v) is 4.42. The van der Waals surface area contributed by atoms with Crippen molar-refractivity contribution in [2.75, 3.05) is 44.7 Å². The standard InChI is InChI=1S/C24H32N4O/c1-26(16-13-20-6-3-2-4-7-20)23-8-5-15-27(19-23)18-21-9-11-22(12-10-21)28-17-14-25-24(28)29/h2-4,6-7,9-12,23H,5,8,13-19H2,1H3,(H,25,29)/t23-/m0/s1. The third-order valence-electron chi connectivity index (χ3n) is 6.21. The monoisotopic (exact) mass is 392 g/mol. The van der Waals surface area contributed by atoms with Gasteiger partial charge < -0.3 is 10.2 Å². The zero-order chi connectivity index (χ0) is 20.1. The van der Waals surface area contributed by atoms with Crippen molar-refractivity contribution >= 4 is 11.7 Å². The summed E-state index contributed by atoms with van der Waals surface area (Å²) in [6, 6.07) is 19.9. The van der Waals surface area contributed by atoms with Crippen LogP contribution in [0.1, 0.15) is 24.0 Å². The van der Waals surface area contributed by atoms with Crippen molar-refractivity contribution < 1.29 is 4.79 Å². The molecule has 0 unspecified atom stereocenters. The highest BCUT2D eigenvalue weighted by atomic mass is 16.2. The average molecular weight is 393 g/mol. The third kappa shape index (κ3) is 5.17. The van der Waals surface area contributed by atoms with Gasteiger partial charge in [-0.3, -0.25) is 9.80 Å². The van der Waals surface area contributed by atoms with Crippen molar-refractivity contribution in [3.05, 3.63) is 65.7 Å². The highest BCUT2D eigenvalue weighted by Crippen LogP contribution is 2.21. The summed E-state index contributed by atoms with van der Waals surface area (Å²) >= 11 is 0. The molecule has 5 nitrogen and oxygen atoms in total. The van der Waals surface area contributed by atoms with E-state index in [2.05, 4.69) is 76.8 Å². The number of carbonyl (C=O) groups is 1. The SMILES string of the molecule is CN(CCc1ccccc1)[C@H]1CCCN(Cc2ccc(N3CCNC3=O)cc2)C1. The van der Waals surface area contributed by atoms with Crippen molar-refractivity contribution in [2.45, 2.75) is 31.8 Å². The molecule has 29 heavy (non-hydrogen) atoms. The highest BCUT2D eigenvalue weighted by Gasteiger charge is 2.24. The number of rotatable bonds is 7. The molecule has 0 radical (unpaired) electrons. The summed E-state index contributed by atoms with van der Waals surface area (Å²) in [6.45, 7) is 5.86. The maximum Gasteiger partial charge on any atom is 0.321 e. The summed E-state index contributed by atoms with van der Waals surface area (Å²) in [6.07, 6.45) is 3.65. The van der Waals surface area contributed by atoms with Crippen LogP contribution in [0.3, 0.4) is 0 Å². The van der Waals surface area contributed by atoms with Gasteiger partial charge in [0.1, 0.15) is 0 Å². The molecule has 0 saturated carbocycles. The first-order valence-electron chi connectivity index (χ1n) is 10.8. The smallest absolute Gasteiger partial charge is 0.321 e. The fraction of sp³-hybridized carbons (Fsp3) is 0.458. The Morgan fingerprint density at radius 1 is 1.03 bits per heavy atom. The normalized spacial score (nSPS) is 20.3. The Bertz CT molecular complexity index is 792. The van der Waals surface area contributed by atoms with E-state index in [9.17, 15) is 4.79 Å². The quantitative estimate of drug-likeness (QED) is 0.785. The lowest BCUT2D eigenvalue weighted by Crippen LogP contribution is -2.46. The van der Waals surface area contributed by atoms with Crippen LogP contribution in [0.4, 0.5) is 10.5 Å². The van der Waals surface area contributed by atoms with E-state index in [1.165, 1.54) is 30.5 Å². The molecule has 2 saturated heterocycles. The van der Waals surface area contributed by atoms with Crippen LogP contribution in [0.2, 0.25) is 0 Å². The highest BCUT2D eigenvalue weighted by molar-refractivity contribution is 5.93. The van der Waals surface area contributed by atoms with E-state index in [4.69, 9.17) is 0 Å². The molecule has 0 spiro atoms. The summed E-state index contributed by atoms with van der Waals surface area (Å²) in [4.78, 5) is 18.7. The number of carbonyl (C=O) groups excluding carboxylic acids is 1. The minimum atomic E-state index is 0.00941. The van der Waals surface area contributed by atoms with Crippen LogP contribution in [0.25, 0.3) is 0 Å². The van der Waals surface area contributed by atoms with Crippen LogP contribution in [-0.4, -0.2) is 61.6 Å². The summed E-state index contributed by atoms with van der Waals surface area (Å²) < 4.78 is 0. The van der Waals surface area contributed by atoms with E-state index in [1.54, 1.807) is 0 Å². The van der Waals surface area contributed by atoms with Gasteiger partial charge in [-0.2, -0.15) is 0 Å². The molecule has 0 bridgehead atoms. The number of nitrogens with one attached hydrogen (secondary N) is 1. The molecule has 2 aromatic rings. The molecule has 2 aliphatic heterocycles. The maximum absolute atomic E-state index is 11.8. The lowest BCUT2D eigenvalue weighted by atomic mass is 10.0. The van der Waals surface area contributed by atoms with Crippen LogP contribution >= 0.6 is 0 Å². The van der Waals surface area contributed by atoms with Gasteiger partial charge in [-0.25, -0.2) is 4.79 Å². The van der Waals surface area contributed by atoms with Crippen LogP contribution in [0.5, 0.6) is 0 Å². The first kappa shape index (κ1) is 19.9. The summed E-state index contributed by atoms with van der Waals surface area (Å²) in [5.74, 6) is 0. The zero-order valence-corrected chi connectivity index (χ0v) is 17.4. The lowest BCUT2D eigenvalue weighted by Gasteiger charge is -2.37. The molecule has 0 aliphatic carbocycles. The number of urea groups is 1. The van der Waals surface area contributed by atoms with Crippen molar-refractivity contribution in [2.24, 2.45) is 0 Å². The van der Waals surface area contributed by atoms with E-state index in [1.807, 2.05) is 4.90 Å². The number of piperidine rings is 1. The second-order valence-electron chi connectivity index (χ2n) is 8.30. The van der Waals surface area contributed by atoms with Gasteiger partial charge in [-0.05, 0) is 56.1 Å². The molecule has 2 fully saturated rings. The molecular formula is C24H32N4O. The molecule has 1 atom stereocenters. The average Bonchev–Trinajstić information content (AvgIpc) is 3.19. The molecular weight excluding hydrogens is 360 g/mol. The third-order valence-corrected chi connectivity index (χ3v) is 6.21. The van der Waals surface area contributed by atoms with E-state index in [0.29, 0.717) is 6.04 Å². The number of amides is 2. The molecule has 4 rings (SSSR count). The Kier molecular flexibility index (Phi) is 6.47. The van der Waals surface area contributed by atoms with E-state index in [-0.39, 0.29) is 6.03 Å². The van der Waals surface area contributed by atoms with E-state index < -0.39 is 0 Å². The van der Waals surface area contributed by atoms with Crippen molar-refractivity contribution in [3.63, 3.8) is 0 Å². The summed E-state index contributed by atoms with van der Waals surface area (Å²) in [5.41, 5.74) is 3.72. The van der Waals surface area contributed by atoms with Gasteiger partial charge in [0.05, 0.1) is 0 Å². The molecule has 2 aromatic carbocycles. The van der Waals surface area contributed by atoms with Gasteiger partial charge in [0.2, 0.25) is 0 Å². The zero-order valence-electron chi connectivity index (χ0n) is 17.4. The Morgan fingerprint density at radius 3 is 2.55 bits per heavy atom. The topological polar surface area (TPSA) is 38.8 Å². The van der Waals surface area contributed by atoms with Gasteiger partial charge in [0.15, 0.2) is 0 Å². The number of likely N-dealkylation sites (N-methyl/N-ethyl adjacent to an activating group) is 1. The summed E-state index contributed by atoms with van der Waals surface area (Å²) in [7, 11) is 2.27. The van der Waals surface area contributed by atoms with Crippen LogP contribution < -0.4 is 10.2 Å². The Labute approximate surface area is 174 Å². The van der Waals surface area contributed by atoms with Crippen molar-refractivity contribution in [3.8, 4) is 0 Å². The number of benzene rings is 2. The van der Waals surface area contributed by atoms with Crippen LogP contribution in [0, 0.1) is 0 Å². The molecule has 2 heterocycles. The Morgan fingerprint density at radius 2 is 1.83 bits per heavy atom. The molecule has 1 N–H and O–H groups in total. The molecule has 5 heteroatoms. The van der Waals surface area contributed by atoms with Gasteiger partial charge in [-0.15, -0.1) is 0 Å². The van der Waals surface area contributed by atoms with Crippen LogP contribution in [-0.2, 0) is 13.0 Å². The largest absolute Gasteiger partial charge is 0.336 e. The molecule has 154 valence electrons. The van der Waals surface area contributed by atoms with Gasteiger partial charge in [-0.1, -0.05) is 42.5 Å². The number of hydrogen-bond acceptors (Lipinski definition) is 3. The van der Waals surface area contributed by atoms with Crippen LogP contribution in [0.15, 0.2) is 54.6 Å². The first-order valence-corrected chi connectivity index (χ1v) is 10.8. The lowest BCUT2D eigenvalue weighted by molar-refractivity contribution is 0.112. The van der Waals surface area contributed by atoms with Gasteiger partial charge in [0.25, 0.3) is 0 Å². The maximum atomic E-state index is 11.8. The molecule has 2 aliphatic rings. The second kappa shape index (κ2) is 9.42. The van der Waals surface area contributed by atoms with E-state index >= 15 is 0 Å². The Balaban J connectivity index is 1.28. The number of hydrogen-bond donors (Lipinski definition) is 1. The Hall–Kier alpha value is -2.37. The predicted molar refractivity (Wildman–Crippen MR) is 118 cm³/mol. The van der Waals surface area contributed by atoms with Crippen molar-refractivity contribution in [1.29, 1.82) is 0 Å². The fourth-order valence-electron chi connectivity index (χ4n) is 4.42. The summed E-state index contributed by atoms with van der Waals surface area (Å²) in [5, 5.41) is 2.86. The number of nitrogens with zero attached hydrogens (tertiary/aromatic N) is 3. The van der Waals surface area contributed by atoms with Gasteiger partial charge >= 0.3 is 6.03 Å². The molecule has 0 aromatic heterocycles. The van der Waals surface area contributed by atoms with E-state index in [0.717, 1.165) is 44.8 Å². The minimum Gasteiger partial charge on any atom is -0.336 e. The van der Waals surface area contributed by atoms with Crippen molar-refractivity contribution in [1.82, 2.24) is 15.1 Å². The minimum absolute atomic E-state index is 0.00941. The second-order valence-corrected chi connectivity index (χ2v) is 8.30.